The smallest absolute Gasteiger partial charge is 0.307 e. The third-order valence-corrected chi connectivity index (χ3v) is 5.70. The van der Waals surface area contributed by atoms with Crippen molar-refractivity contribution in [3.05, 3.63) is 48.0 Å². The van der Waals surface area contributed by atoms with Gasteiger partial charge in [-0.1, -0.05) is 0 Å². The second-order valence-electron chi connectivity index (χ2n) is 7.56. The van der Waals surface area contributed by atoms with E-state index in [4.69, 9.17) is 9.47 Å². The second-order valence-corrected chi connectivity index (χ2v) is 7.56. The summed E-state index contributed by atoms with van der Waals surface area (Å²) in [6.07, 6.45) is 2.76. The number of ether oxygens (including phenoxy) is 4. The average Bonchev–Trinajstić information content (AvgIpc) is 3.53. The summed E-state index contributed by atoms with van der Waals surface area (Å²) in [4.78, 5) is 46.1. The Morgan fingerprint density at radius 2 is 1.15 bits per heavy atom. The Morgan fingerprint density at radius 1 is 0.765 bits per heavy atom. The van der Waals surface area contributed by atoms with Crippen LogP contribution in [-0.4, -0.2) is 73.8 Å². The van der Waals surface area contributed by atoms with Crippen molar-refractivity contribution in [1.29, 1.82) is 0 Å². The van der Waals surface area contributed by atoms with Crippen LogP contribution in [-0.2, 0) is 28.5 Å². The van der Waals surface area contributed by atoms with Gasteiger partial charge in [0.2, 0.25) is 0 Å². The van der Waals surface area contributed by atoms with Crippen LogP contribution < -0.4 is 10.6 Å². The molecule has 0 radical (unpaired) electrons. The number of nitrogens with zero attached hydrogens (tertiary/aromatic N) is 2. The molecule has 12 heteroatoms. The van der Waals surface area contributed by atoms with E-state index in [2.05, 4.69) is 20.1 Å². The highest BCUT2D eigenvalue weighted by Crippen LogP contribution is 2.26. The maximum absolute atomic E-state index is 11.7. The largest absolute Gasteiger partial charge is 0.469 e. The van der Waals surface area contributed by atoms with Gasteiger partial charge in [-0.3, -0.25) is 19.2 Å². The minimum absolute atomic E-state index is 0.150. The number of methoxy groups -OCH3 is 4. The average molecular weight is 476 g/mol. The highest BCUT2D eigenvalue weighted by Gasteiger charge is 2.35. The SMILES string of the molecule is COC(=O)C[C@@H]1[C@@H](OC)NC(=O)c2cccn21.COC(=O)C[C@@H]1[C@@H](OC)NC(=O)c2cccn21. The number of carbonyl (C=O) groups excluding carboxylic acids is 4. The van der Waals surface area contributed by atoms with E-state index in [0.717, 1.165) is 0 Å². The topological polar surface area (TPSA) is 139 Å². The molecule has 2 N–H and O–H groups in total. The zero-order chi connectivity index (χ0) is 24.8. The number of hydrogen-bond donors (Lipinski definition) is 2. The predicted octanol–water partition coefficient (Wildman–Crippen LogP) is 0.616. The van der Waals surface area contributed by atoms with Crippen LogP contribution in [0.1, 0.15) is 45.9 Å². The lowest BCUT2D eigenvalue weighted by Crippen LogP contribution is -2.48. The zero-order valence-electron chi connectivity index (χ0n) is 19.3. The Kier molecular flexibility index (Phi) is 8.08. The first-order valence-corrected chi connectivity index (χ1v) is 10.5. The van der Waals surface area contributed by atoms with Crippen molar-refractivity contribution in [1.82, 2.24) is 19.8 Å². The van der Waals surface area contributed by atoms with E-state index < -0.39 is 12.5 Å². The molecule has 0 aromatic carbocycles. The van der Waals surface area contributed by atoms with Gasteiger partial charge in [0.15, 0.2) is 12.5 Å². The molecule has 2 amide bonds. The van der Waals surface area contributed by atoms with Crippen LogP contribution in [0.5, 0.6) is 0 Å². The normalized spacial score (nSPS) is 22.8. The molecule has 2 aromatic heterocycles. The van der Waals surface area contributed by atoms with E-state index in [9.17, 15) is 19.2 Å². The molecule has 4 heterocycles. The monoisotopic (exact) mass is 476 g/mol. The number of carbonyl (C=O) groups is 4. The fourth-order valence-corrected chi connectivity index (χ4v) is 3.99. The Morgan fingerprint density at radius 3 is 1.47 bits per heavy atom. The van der Waals surface area contributed by atoms with Crippen molar-refractivity contribution < 1.29 is 38.1 Å². The summed E-state index contributed by atoms with van der Waals surface area (Å²) in [7, 11) is 5.65. The molecule has 2 aliphatic heterocycles. The second kappa shape index (κ2) is 11.0. The quantitative estimate of drug-likeness (QED) is 0.579. The van der Waals surface area contributed by atoms with Gasteiger partial charge >= 0.3 is 11.9 Å². The van der Waals surface area contributed by atoms with Gasteiger partial charge in [0.05, 0.1) is 39.1 Å². The number of amides is 2. The number of aromatic nitrogens is 2. The minimum atomic E-state index is -0.526. The van der Waals surface area contributed by atoms with Gasteiger partial charge in [-0.2, -0.15) is 0 Å². The molecule has 0 spiro atoms. The summed E-state index contributed by atoms with van der Waals surface area (Å²) in [5.74, 6) is -1.09. The summed E-state index contributed by atoms with van der Waals surface area (Å²) in [5.41, 5.74) is 1.04. The molecule has 0 aliphatic carbocycles. The standard InChI is InChI=1S/2C11H14N2O4/c2*1-16-9(14)6-8-11(17-2)12-10(15)7-4-3-5-13(7)8/h2*3-5,8,11H,6H2,1-2H3,(H,12,15)/t2*8-,11-/m11/s1. The van der Waals surface area contributed by atoms with Gasteiger partial charge in [-0.05, 0) is 24.3 Å². The molecule has 0 saturated carbocycles. The highest BCUT2D eigenvalue weighted by molar-refractivity contribution is 5.94. The van der Waals surface area contributed by atoms with Gasteiger partial charge in [-0.25, -0.2) is 0 Å². The third-order valence-electron chi connectivity index (χ3n) is 5.70. The van der Waals surface area contributed by atoms with E-state index in [1.54, 1.807) is 45.8 Å². The Hall–Kier alpha value is -3.64. The van der Waals surface area contributed by atoms with Crippen molar-refractivity contribution in [2.75, 3.05) is 28.4 Å². The number of fused-ring (bicyclic) bond motifs is 2. The Balaban J connectivity index is 0.000000191. The van der Waals surface area contributed by atoms with Crippen LogP contribution in [0.2, 0.25) is 0 Å². The minimum Gasteiger partial charge on any atom is -0.469 e. The molecule has 2 aromatic rings. The lowest BCUT2D eigenvalue weighted by atomic mass is 10.1. The molecule has 4 atom stereocenters. The number of nitrogens with one attached hydrogen (secondary N) is 2. The molecule has 4 rings (SSSR count). The van der Waals surface area contributed by atoms with Gasteiger partial charge in [0.1, 0.15) is 11.4 Å². The van der Waals surface area contributed by atoms with E-state index >= 15 is 0 Å². The predicted molar refractivity (Wildman–Crippen MR) is 117 cm³/mol. The van der Waals surface area contributed by atoms with Gasteiger partial charge < -0.3 is 38.7 Å². The first kappa shape index (κ1) is 25.0. The van der Waals surface area contributed by atoms with Crippen molar-refractivity contribution in [2.45, 2.75) is 37.4 Å². The van der Waals surface area contributed by atoms with E-state index in [1.165, 1.54) is 28.4 Å². The number of rotatable bonds is 6. The fourth-order valence-electron chi connectivity index (χ4n) is 3.99. The highest BCUT2D eigenvalue weighted by atomic mass is 16.5. The van der Waals surface area contributed by atoms with Crippen molar-refractivity contribution in [3.8, 4) is 0 Å². The molecule has 184 valence electrons. The van der Waals surface area contributed by atoms with Gasteiger partial charge in [-0.15, -0.1) is 0 Å². The maximum atomic E-state index is 11.7. The summed E-state index contributed by atoms with van der Waals surface area (Å²) in [6.45, 7) is 0. The van der Waals surface area contributed by atoms with E-state index in [0.29, 0.717) is 11.4 Å². The summed E-state index contributed by atoms with van der Waals surface area (Å²) < 4.78 is 23.1. The first-order valence-electron chi connectivity index (χ1n) is 10.5. The first-order chi connectivity index (χ1) is 16.3. The fraction of sp³-hybridized carbons (Fsp3) is 0.455. The molecule has 2 aliphatic rings. The zero-order valence-corrected chi connectivity index (χ0v) is 19.3. The lowest BCUT2D eigenvalue weighted by Gasteiger charge is -2.32. The van der Waals surface area contributed by atoms with E-state index in [1.807, 2.05) is 0 Å². The molecule has 0 unspecified atom stereocenters. The maximum Gasteiger partial charge on any atom is 0.307 e. The summed E-state index contributed by atoms with van der Waals surface area (Å²) in [5, 5.41) is 5.40. The molecule has 0 fully saturated rings. The van der Waals surface area contributed by atoms with Gasteiger partial charge in [0.25, 0.3) is 11.8 Å². The van der Waals surface area contributed by atoms with Crippen LogP contribution in [0.25, 0.3) is 0 Å². The summed E-state index contributed by atoms with van der Waals surface area (Å²) in [6, 6.07) is 6.36. The van der Waals surface area contributed by atoms with E-state index in [-0.39, 0.29) is 48.7 Å². The number of esters is 2. The van der Waals surface area contributed by atoms with Crippen molar-refractivity contribution in [2.24, 2.45) is 0 Å². The molecule has 12 nitrogen and oxygen atoms in total. The summed E-state index contributed by atoms with van der Waals surface area (Å²) >= 11 is 0. The lowest BCUT2D eigenvalue weighted by molar-refractivity contribution is -0.143. The molecular weight excluding hydrogens is 448 g/mol. The van der Waals surface area contributed by atoms with Gasteiger partial charge in [0, 0.05) is 26.6 Å². The Bertz CT molecular complexity index is 963. The van der Waals surface area contributed by atoms with Crippen LogP contribution in [0, 0.1) is 0 Å². The number of hydrogen-bond acceptors (Lipinski definition) is 8. The van der Waals surface area contributed by atoms with Crippen molar-refractivity contribution in [3.63, 3.8) is 0 Å². The molecule has 0 saturated heterocycles. The van der Waals surface area contributed by atoms with Crippen LogP contribution in [0.4, 0.5) is 0 Å². The van der Waals surface area contributed by atoms with Crippen LogP contribution in [0.15, 0.2) is 36.7 Å². The molecule has 0 bridgehead atoms. The Labute approximate surface area is 196 Å². The van der Waals surface area contributed by atoms with Crippen LogP contribution in [0.3, 0.4) is 0 Å². The third kappa shape index (κ3) is 5.13. The van der Waals surface area contributed by atoms with Crippen LogP contribution >= 0.6 is 0 Å². The molecular formula is C22H28N4O8. The van der Waals surface area contributed by atoms with Crippen molar-refractivity contribution >= 4 is 23.8 Å². The molecule has 34 heavy (non-hydrogen) atoms.